The Hall–Kier alpha value is -2.11. The summed E-state index contributed by atoms with van der Waals surface area (Å²) in [6.45, 7) is 6.42. The molecule has 2 aliphatic rings. The van der Waals surface area contributed by atoms with Gasteiger partial charge in [-0.1, -0.05) is 12.8 Å². The van der Waals surface area contributed by atoms with Crippen LogP contribution in [0.2, 0.25) is 0 Å². The van der Waals surface area contributed by atoms with Gasteiger partial charge in [-0.3, -0.25) is 14.4 Å². The number of rotatable bonds is 4. The van der Waals surface area contributed by atoms with E-state index in [2.05, 4.69) is 5.32 Å². The second-order valence-electron chi connectivity index (χ2n) is 8.27. The Morgan fingerprint density at radius 1 is 1.04 bits per heavy atom. The quantitative estimate of drug-likeness (QED) is 0.881. The van der Waals surface area contributed by atoms with Crippen LogP contribution in [0.15, 0.2) is 17.2 Å². The van der Waals surface area contributed by atoms with Crippen molar-refractivity contribution in [2.75, 3.05) is 6.54 Å². The minimum Gasteiger partial charge on any atom is -0.350 e. The normalized spacial score (nSPS) is 20.9. The van der Waals surface area contributed by atoms with Crippen LogP contribution < -0.4 is 10.7 Å². The van der Waals surface area contributed by atoms with Crippen molar-refractivity contribution in [2.24, 2.45) is 0 Å². The number of aromatic nitrogens is 1. The van der Waals surface area contributed by atoms with Crippen LogP contribution in [-0.4, -0.2) is 39.9 Å². The van der Waals surface area contributed by atoms with E-state index in [-0.39, 0.29) is 35.2 Å². The fourth-order valence-corrected chi connectivity index (χ4v) is 4.22. The Kier molecular flexibility index (Phi) is 6.02. The standard InChI is InChI=1S/C21H31N3O3/c1-14(2)22-20(26)17-12-23(16-9-4-5-10-16)13-18(19(17)25)21(27)24-11-7-6-8-15(24)3/h12-16H,4-11H2,1-3H3,(H,22,26)/t15-/m1/s1. The van der Waals surface area contributed by atoms with Crippen molar-refractivity contribution in [3.8, 4) is 0 Å². The first-order chi connectivity index (χ1) is 12.9. The van der Waals surface area contributed by atoms with E-state index in [1.165, 1.54) is 0 Å². The van der Waals surface area contributed by atoms with Gasteiger partial charge in [0, 0.05) is 37.1 Å². The number of likely N-dealkylation sites (tertiary alicyclic amines) is 1. The monoisotopic (exact) mass is 373 g/mol. The first-order valence-electron chi connectivity index (χ1n) is 10.3. The van der Waals surface area contributed by atoms with Gasteiger partial charge in [0.05, 0.1) is 0 Å². The van der Waals surface area contributed by atoms with Crippen molar-refractivity contribution in [3.63, 3.8) is 0 Å². The number of hydrogen-bond donors (Lipinski definition) is 1. The summed E-state index contributed by atoms with van der Waals surface area (Å²) in [7, 11) is 0. The molecule has 0 spiro atoms. The lowest BCUT2D eigenvalue weighted by Crippen LogP contribution is -2.45. The molecule has 1 aliphatic heterocycles. The highest BCUT2D eigenvalue weighted by Crippen LogP contribution is 2.29. The van der Waals surface area contributed by atoms with Gasteiger partial charge in [0.1, 0.15) is 11.1 Å². The van der Waals surface area contributed by atoms with Crippen LogP contribution in [0.5, 0.6) is 0 Å². The van der Waals surface area contributed by atoms with Gasteiger partial charge in [-0.05, 0) is 52.9 Å². The van der Waals surface area contributed by atoms with E-state index < -0.39 is 11.3 Å². The van der Waals surface area contributed by atoms with Crippen molar-refractivity contribution >= 4 is 11.8 Å². The molecule has 1 N–H and O–H groups in total. The molecule has 2 fully saturated rings. The number of piperidine rings is 1. The number of amides is 2. The summed E-state index contributed by atoms with van der Waals surface area (Å²) >= 11 is 0. The zero-order valence-corrected chi connectivity index (χ0v) is 16.7. The van der Waals surface area contributed by atoms with E-state index in [1.807, 2.05) is 25.3 Å². The SMILES string of the molecule is CC(C)NC(=O)c1cn(C2CCCC2)cc(C(=O)N2CCCC[C@H]2C)c1=O. The molecular weight excluding hydrogens is 342 g/mol. The average molecular weight is 373 g/mol. The van der Waals surface area contributed by atoms with Crippen molar-refractivity contribution < 1.29 is 9.59 Å². The highest BCUT2D eigenvalue weighted by molar-refractivity contribution is 5.99. The van der Waals surface area contributed by atoms with Crippen LogP contribution in [-0.2, 0) is 0 Å². The fourth-order valence-electron chi connectivity index (χ4n) is 4.22. The first kappa shape index (κ1) is 19.6. The van der Waals surface area contributed by atoms with Gasteiger partial charge in [0.25, 0.3) is 11.8 Å². The highest BCUT2D eigenvalue weighted by Gasteiger charge is 2.29. The number of carbonyl (C=O) groups excluding carboxylic acids is 2. The summed E-state index contributed by atoms with van der Waals surface area (Å²) in [6, 6.07) is 0.304. The van der Waals surface area contributed by atoms with Crippen LogP contribution in [0.1, 0.15) is 92.5 Å². The molecule has 2 amide bonds. The second-order valence-corrected chi connectivity index (χ2v) is 8.27. The Bertz CT molecular complexity index is 762. The first-order valence-corrected chi connectivity index (χ1v) is 10.3. The third-order valence-corrected chi connectivity index (χ3v) is 5.75. The molecule has 2 heterocycles. The molecule has 1 saturated heterocycles. The Morgan fingerprint density at radius 2 is 1.67 bits per heavy atom. The molecule has 148 valence electrons. The molecule has 6 heteroatoms. The van der Waals surface area contributed by atoms with Gasteiger partial charge >= 0.3 is 0 Å². The van der Waals surface area contributed by atoms with Crippen molar-refractivity contribution in [1.29, 1.82) is 0 Å². The third-order valence-electron chi connectivity index (χ3n) is 5.75. The molecule has 0 aromatic carbocycles. The number of nitrogens with one attached hydrogen (secondary N) is 1. The second kappa shape index (κ2) is 8.28. The van der Waals surface area contributed by atoms with Crippen LogP contribution in [0, 0.1) is 0 Å². The maximum atomic E-state index is 13.2. The van der Waals surface area contributed by atoms with E-state index in [0.29, 0.717) is 6.54 Å². The Balaban J connectivity index is 2.02. The topological polar surface area (TPSA) is 71.4 Å². The summed E-state index contributed by atoms with van der Waals surface area (Å²) in [5.41, 5.74) is -0.247. The molecule has 27 heavy (non-hydrogen) atoms. The Morgan fingerprint density at radius 3 is 2.30 bits per heavy atom. The molecular formula is C21H31N3O3. The molecule has 0 unspecified atom stereocenters. The minimum atomic E-state index is -0.454. The van der Waals surface area contributed by atoms with Gasteiger partial charge in [0.15, 0.2) is 0 Å². The largest absolute Gasteiger partial charge is 0.350 e. The summed E-state index contributed by atoms with van der Waals surface area (Å²) in [6.07, 6.45) is 10.7. The molecule has 0 bridgehead atoms. The summed E-state index contributed by atoms with van der Waals surface area (Å²) < 4.78 is 1.94. The lowest BCUT2D eigenvalue weighted by molar-refractivity contribution is 0.0633. The van der Waals surface area contributed by atoms with E-state index in [0.717, 1.165) is 44.9 Å². The van der Waals surface area contributed by atoms with E-state index in [4.69, 9.17) is 0 Å². The van der Waals surface area contributed by atoms with E-state index in [9.17, 15) is 14.4 Å². The molecule has 1 saturated carbocycles. The van der Waals surface area contributed by atoms with Crippen molar-refractivity contribution in [1.82, 2.24) is 14.8 Å². The number of pyridine rings is 1. The summed E-state index contributed by atoms with van der Waals surface area (Å²) in [5.74, 6) is -0.638. The average Bonchev–Trinajstić information content (AvgIpc) is 3.16. The third kappa shape index (κ3) is 4.25. The van der Waals surface area contributed by atoms with Crippen LogP contribution in [0.3, 0.4) is 0 Å². The molecule has 6 nitrogen and oxygen atoms in total. The minimum absolute atomic E-state index is 0.0710. The summed E-state index contributed by atoms with van der Waals surface area (Å²) in [4.78, 5) is 40.6. The molecule has 3 rings (SSSR count). The molecule has 0 radical (unpaired) electrons. The van der Waals surface area contributed by atoms with Gasteiger partial charge in [-0.25, -0.2) is 0 Å². The molecule has 1 atom stereocenters. The lowest BCUT2D eigenvalue weighted by atomic mass is 10.0. The smallest absolute Gasteiger partial charge is 0.259 e. The van der Waals surface area contributed by atoms with Gasteiger partial charge in [-0.2, -0.15) is 0 Å². The van der Waals surface area contributed by atoms with Crippen molar-refractivity contribution in [2.45, 2.75) is 83.8 Å². The van der Waals surface area contributed by atoms with E-state index in [1.54, 1.807) is 17.3 Å². The van der Waals surface area contributed by atoms with Crippen LogP contribution >= 0.6 is 0 Å². The zero-order valence-electron chi connectivity index (χ0n) is 16.7. The van der Waals surface area contributed by atoms with Gasteiger partial charge in [0.2, 0.25) is 5.43 Å². The maximum absolute atomic E-state index is 13.2. The number of hydrogen-bond acceptors (Lipinski definition) is 3. The van der Waals surface area contributed by atoms with Crippen LogP contribution in [0.4, 0.5) is 0 Å². The summed E-state index contributed by atoms with van der Waals surface area (Å²) in [5, 5.41) is 2.79. The van der Waals surface area contributed by atoms with Gasteiger partial charge in [-0.15, -0.1) is 0 Å². The van der Waals surface area contributed by atoms with E-state index >= 15 is 0 Å². The van der Waals surface area contributed by atoms with Crippen molar-refractivity contribution in [3.05, 3.63) is 33.7 Å². The molecule has 1 aliphatic carbocycles. The predicted molar refractivity (Wildman–Crippen MR) is 105 cm³/mol. The molecule has 1 aromatic rings. The number of carbonyl (C=O) groups is 2. The highest BCUT2D eigenvalue weighted by atomic mass is 16.2. The lowest BCUT2D eigenvalue weighted by Gasteiger charge is -2.33. The fraction of sp³-hybridized carbons (Fsp3) is 0.667. The zero-order chi connectivity index (χ0) is 19.6. The Labute approximate surface area is 160 Å². The maximum Gasteiger partial charge on any atom is 0.259 e. The van der Waals surface area contributed by atoms with Crippen LogP contribution in [0.25, 0.3) is 0 Å². The molecule has 1 aromatic heterocycles. The number of nitrogens with zero attached hydrogens (tertiary/aromatic N) is 2. The van der Waals surface area contributed by atoms with Gasteiger partial charge < -0.3 is 14.8 Å². The predicted octanol–water partition coefficient (Wildman–Crippen LogP) is 3.12.